The summed E-state index contributed by atoms with van der Waals surface area (Å²) in [7, 11) is 0. The van der Waals surface area contributed by atoms with E-state index in [1.807, 2.05) is 12.2 Å². The van der Waals surface area contributed by atoms with Crippen LogP contribution in [0.1, 0.15) is 20.3 Å². The van der Waals surface area contributed by atoms with Gasteiger partial charge in [0.05, 0.1) is 0 Å². The summed E-state index contributed by atoms with van der Waals surface area (Å²) < 4.78 is 0. The van der Waals surface area contributed by atoms with E-state index in [4.69, 9.17) is 0 Å². The largest absolute Gasteiger partial charge is 3.00 e. The van der Waals surface area contributed by atoms with Gasteiger partial charge in [0.2, 0.25) is 0 Å². The van der Waals surface area contributed by atoms with Gasteiger partial charge in [-0.05, 0) is 13.1 Å². The zero-order valence-electron chi connectivity index (χ0n) is 9.85. The Bertz CT molecular complexity index is 133. The maximum Gasteiger partial charge on any atom is 3.00 e. The maximum absolute atomic E-state index is 3.75. The van der Waals surface area contributed by atoms with Crippen molar-refractivity contribution in [3.63, 3.8) is 0 Å². The number of rotatable bonds is 3. The molecule has 1 nitrogen and oxygen atoms in total. The van der Waals surface area contributed by atoms with Crippen molar-refractivity contribution in [2.45, 2.75) is 20.3 Å². The second-order valence-corrected chi connectivity index (χ2v) is 2.53. The molecule has 1 radical (unpaired) electrons. The van der Waals surface area contributed by atoms with Crippen molar-refractivity contribution in [1.82, 2.24) is 4.90 Å². The predicted octanol–water partition coefficient (Wildman–Crippen LogP) is -6.52. The van der Waals surface area contributed by atoms with Crippen molar-refractivity contribution in [3.05, 3.63) is 31.2 Å². The van der Waals surface area contributed by atoms with E-state index < -0.39 is 0 Å². The molecule has 1 aliphatic carbocycles. The van der Waals surface area contributed by atoms with Crippen LogP contribution in [0.2, 0.25) is 0 Å². The minimum atomic E-state index is 0. The molecule has 0 N–H and O–H groups in total. The average Bonchev–Trinajstić information content (AvgIpc) is 2.64. The third-order valence-electron chi connectivity index (χ3n) is 1.80. The Morgan fingerprint density at radius 3 is 1.75 bits per heavy atom. The minimum absolute atomic E-state index is 0. The number of allylic oxidation sites excluding steroid dienone is 4. The van der Waals surface area contributed by atoms with Crippen LogP contribution in [-0.4, -0.2) is 24.5 Å². The number of hydrogen-bond acceptors (Lipinski definition) is 1. The Morgan fingerprint density at radius 1 is 1.19 bits per heavy atom. The van der Waals surface area contributed by atoms with Crippen LogP contribution in [0.4, 0.5) is 0 Å². The Hall–Kier alpha value is 1.19. The van der Waals surface area contributed by atoms with E-state index in [2.05, 4.69) is 37.8 Å². The molecule has 1 rings (SSSR count). The van der Waals surface area contributed by atoms with E-state index in [1.54, 1.807) is 0 Å². The van der Waals surface area contributed by atoms with Gasteiger partial charge in [-0.25, -0.2) is 12.2 Å². The van der Waals surface area contributed by atoms with E-state index in [0.717, 1.165) is 26.1 Å². The summed E-state index contributed by atoms with van der Waals surface area (Å²) in [6.45, 7) is 11.2. The molecule has 0 bridgehead atoms. The molecule has 0 aromatic heterocycles. The zero-order chi connectivity index (χ0) is 9.23. The Kier molecular flexibility index (Phi) is 47.6. The van der Waals surface area contributed by atoms with Crippen LogP contribution in [0.3, 0.4) is 0 Å². The summed E-state index contributed by atoms with van der Waals surface area (Å²) in [6, 6.07) is 0. The molecule has 0 aromatic carbocycles. The van der Waals surface area contributed by atoms with E-state index in [-0.39, 0.29) is 63.4 Å². The fourth-order valence-corrected chi connectivity index (χ4v) is 0.880. The first-order chi connectivity index (χ1) is 5.85. The zero-order valence-corrected chi connectivity index (χ0v) is 14.6. The van der Waals surface area contributed by atoms with E-state index in [9.17, 15) is 0 Å². The van der Waals surface area contributed by atoms with Gasteiger partial charge in [-0.15, -0.1) is 13.0 Å². The van der Waals surface area contributed by atoms with Crippen molar-refractivity contribution >= 4 is 0 Å². The van der Waals surface area contributed by atoms with Crippen LogP contribution >= 0.6 is 0 Å². The molecule has 0 unspecified atom stereocenters. The van der Waals surface area contributed by atoms with Gasteiger partial charge in [-0.2, -0.15) is 6.08 Å². The molecule has 16 heavy (non-hydrogen) atoms. The fraction of sp³-hybridized carbons (Fsp3) is 0.545. The van der Waals surface area contributed by atoms with Gasteiger partial charge in [0.25, 0.3) is 0 Å². The number of nitrogens with zero attached hydrogens (tertiary/aromatic N) is 1. The smallest absolute Gasteiger partial charge is 1.00 e. The van der Waals surface area contributed by atoms with Crippen molar-refractivity contribution in [3.8, 4) is 0 Å². The summed E-state index contributed by atoms with van der Waals surface area (Å²) in [5.74, 6) is 0. The number of hydrogen-bond donors (Lipinski definition) is 0. The van der Waals surface area contributed by atoms with Gasteiger partial charge < -0.3 is 49.0 Å². The molecule has 0 fully saturated rings. The van der Waals surface area contributed by atoms with Gasteiger partial charge in [0.15, 0.2) is 0 Å². The average molecular weight is 363 g/mol. The molecule has 1 aliphatic rings. The summed E-state index contributed by atoms with van der Waals surface area (Å²) in [6.07, 6.45) is 10.0. The molecule has 0 aromatic rings. The van der Waals surface area contributed by atoms with Crippen LogP contribution in [0.5, 0.6) is 0 Å². The van der Waals surface area contributed by atoms with Gasteiger partial charge in [0.1, 0.15) is 0 Å². The van der Waals surface area contributed by atoms with Crippen LogP contribution in [-0.2, 0) is 26.2 Å². The molecule has 0 amide bonds. The first-order valence-electron chi connectivity index (χ1n) is 4.58. The molecule has 0 saturated heterocycles. The van der Waals surface area contributed by atoms with E-state index in [1.165, 1.54) is 0 Å². The normalized spacial score (nSPS) is 10.0. The van der Waals surface area contributed by atoms with Crippen LogP contribution in [0.15, 0.2) is 18.2 Å². The molecule has 5 heteroatoms. The van der Waals surface area contributed by atoms with Gasteiger partial charge in [-0.3, -0.25) is 6.08 Å². The summed E-state index contributed by atoms with van der Waals surface area (Å²) in [4.78, 5) is 2.26. The molecule has 0 saturated carbocycles. The van der Waals surface area contributed by atoms with Crippen LogP contribution in [0.25, 0.3) is 0 Å². The Morgan fingerprint density at radius 2 is 1.69 bits per heavy atom. The first-order valence-corrected chi connectivity index (χ1v) is 4.58. The fourth-order valence-electron chi connectivity index (χ4n) is 0.880. The third kappa shape index (κ3) is 20.6. The second-order valence-electron chi connectivity index (χ2n) is 2.53. The first kappa shape index (κ1) is 30.3. The Labute approximate surface area is 138 Å². The van der Waals surface area contributed by atoms with Crippen LogP contribution in [0, 0.1) is 13.0 Å². The van der Waals surface area contributed by atoms with Crippen molar-refractivity contribution < 1.29 is 63.4 Å². The Balaban J connectivity index is -0.0000000411. The minimum Gasteiger partial charge on any atom is -1.00 e. The van der Waals surface area contributed by atoms with E-state index >= 15 is 0 Å². The monoisotopic (exact) mass is 360 g/mol. The summed E-state index contributed by atoms with van der Waals surface area (Å²) in [5.41, 5.74) is 0. The van der Waals surface area contributed by atoms with Gasteiger partial charge in [-0.1, -0.05) is 13.8 Å². The van der Waals surface area contributed by atoms with E-state index in [0.29, 0.717) is 0 Å². The van der Waals surface area contributed by atoms with Crippen LogP contribution < -0.4 is 37.2 Å². The predicted molar refractivity (Wildman–Crippen MR) is 54.7 cm³/mol. The molecule has 0 heterocycles. The second kappa shape index (κ2) is 25.1. The van der Waals surface area contributed by atoms with Gasteiger partial charge in [0, 0.05) is 0 Å². The molecule has 0 atom stereocenters. The third-order valence-corrected chi connectivity index (χ3v) is 1.80. The SMILES string of the molecule is [C-]1=CC=CC1.[CH2-]CN(CC)CC.[Cl-].[Cl-].[Cl-].[Zr+3]. The molecule has 0 aliphatic heterocycles. The molecule has 95 valence electrons. The van der Waals surface area contributed by atoms with Crippen molar-refractivity contribution in [2.24, 2.45) is 0 Å². The standard InChI is InChI=1S/C6H14N.C5H5.3ClH.Zr/c1-4-7(5-2)6-3;1-2-4-5-3-1;;;;/h1,4-6H2,2-3H3;1-3H,4H2;3*1H;/q2*-1;;;;+3/p-3. The summed E-state index contributed by atoms with van der Waals surface area (Å²) >= 11 is 0. The summed E-state index contributed by atoms with van der Waals surface area (Å²) in [5, 5.41) is 0. The van der Waals surface area contributed by atoms with Gasteiger partial charge >= 0.3 is 26.2 Å². The molecule has 0 spiro atoms. The van der Waals surface area contributed by atoms with Crippen molar-refractivity contribution in [1.29, 1.82) is 0 Å². The molecular weight excluding hydrogens is 344 g/mol. The van der Waals surface area contributed by atoms with Crippen molar-refractivity contribution in [2.75, 3.05) is 19.6 Å². The molecular formula is C11H19Cl3NZr-2. The topological polar surface area (TPSA) is 3.24 Å². The number of halogens is 3. The maximum atomic E-state index is 3.75. The quantitative estimate of drug-likeness (QED) is 0.451.